The lowest BCUT2D eigenvalue weighted by molar-refractivity contribution is 0.0467. The van der Waals surface area contributed by atoms with Crippen molar-refractivity contribution < 1.29 is 22.7 Å². The van der Waals surface area contributed by atoms with Crippen LogP contribution in [0.15, 0.2) is 65.7 Å². The van der Waals surface area contributed by atoms with E-state index in [0.29, 0.717) is 37.7 Å². The van der Waals surface area contributed by atoms with E-state index in [1.54, 1.807) is 23.0 Å². The zero-order valence-electron chi connectivity index (χ0n) is 16.7. The van der Waals surface area contributed by atoms with Crippen molar-refractivity contribution in [3.8, 4) is 5.69 Å². The van der Waals surface area contributed by atoms with Crippen LogP contribution in [0.4, 0.5) is 5.69 Å². The molecule has 0 spiro atoms. The van der Waals surface area contributed by atoms with E-state index in [-0.39, 0.29) is 17.1 Å². The number of ether oxygens (including phenoxy) is 2. The van der Waals surface area contributed by atoms with Gasteiger partial charge in [-0.1, -0.05) is 18.2 Å². The number of nitrogens with two attached hydrogens (primary N) is 1. The third-order valence-corrected chi connectivity index (χ3v) is 5.80. The molecule has 1 aromatic heterocycles. The van der Waals surface area contributed by atoms with Gasteiger partial charge >= 0.3 is 5.97 Å². The molecular weight excluding hydrogens is 420 g/mol. The first-order valence-electron chi connectivity index (χ1n) is 9.68. The molecule has 0 saturated carbocycles. The fourth-order valence-corrected chi connectivity index (χ4v) is 3.86. The summed E-state index contributed by atoms with van der Waals surface area (Å²) in [6.07, 6.45) is 1.78. The van der Waals surface area contributed by atoms with Gasteiger partial charge in [0.05, 0.1) is 35.0 Å². The summed E-state index contributed by atoms with van der Waals surface area (Å²) >= 11 is 0. The van der Waals surface area contributed by atoms with Crippen molar-refractivity contribution in [2.75, 3.05) is 31.2 Å². The summed E-state index contributed by atoms with van der Waals surface area (Å²) in [5.74, 6) is -0.652. The number of primary sulfonamides is 1. The lowest BCUT2D eigenvalue weighted by Gasteiger charge is -2.30. The number of benzene rings is 2. The number of hydrogen-bond donors (Lipinski definition) is 1. The van der Waals surface area contributed by atoms with Crippen molar-refractivity contribution in [1.82, 2.24) is 9.78 Å². The summed E-state index contributed by atoms with van der Waals surface area (Å²) in [6, 6.07) is 15.5. The van der Waals surface area contributed by atoms with E-state index in [0.717, 1.165) is 5.69 Å². The highest BCUT2D eigenvalue weighted by atomic mass is 32.2. The summed E-state index contributed by atoms with van der Waals surface area (Å²) in [4.78, 5) is 14.7. The molecule has 2 heterocycles. The number of anilines is 1. The van der Waals surface area contributed by atoms with Crippen molar-refractivity contribution in [3.05, 3.63) is 72.1 Å². The Kier molecular flexibility index (Phi) is 6.03. The molecule has 1 aliphatic heterocycles. The summed E-state index contributed by atoms with van der Waals surface area (Å²) in [7, 11) is -3.97. The molecule has 1 fully saturated rings. The molecule has 1 aliphatic rings. The molecule has 0 unspecified atom stereocenters. The third-order valence-electron chi connectivity index (χ3n) is 4.88. The molecule has 2 aromatic carbocycles. The number of para-hydroxylation sites is 1. The molecule has 162 valence electrons. The van der Waals surface area contributed by atoms with E-state index < -0.39 is 16.0 Å². The second kappa shape index (κ2) is 8.88. The first-order chi connectivity index (χ1) is 14.9. The number of carbonyl (C=O) groups excluding carboxylic acids is 1. The van der Waals surface area contributed by atoms with E-state index >= 15 is 0 Å². The molecule has 3 aromatic rings. The maximum Gasteiger partial charge on any atom is 0.340 e. The fraction of sp³-hybridized carbons (Fsp3) is 0.238. The lowest BCUT2D eigenvalue weighted by Crippen LogP contribution is -2.37. The monoisotopic (exact) mass is 442 g/mol. The summed E-state index contributed by atoms with van der Waals surface area (Å²) < 4.78 is 36.1. The van der Waals surface area contributed by atoms with Gasteiger partial charge in [0.1, 0.15) is 12.3 Å². The molecule has 4 rings (SSSR count). The van der Waals surface area contributed by atoms with Crippen molar-refractivity contribution >= 4 is 21.7 Å². The van der Waals surface area contributed by atoms with Crippen LogP contribution in [0.25, 0.3) is 5.69 Å². The molecule has 0 amide bonds. The quantitative estimate of drug-likeness (QED) is 0.578. The third kappa shape index (κ3) is 4.93. The number of esters is 1. The Balaban J connectivity index is 1.55. The van der Waals surface area contributed by atoms with Gasteiger partial charge in [-0.25, -0.2) is 23.0 Å². The Morgan fingerprint density at radius 3 is 2.55 bits per heavy atom. The number of nitrogens with zero attached hydrogens (tertiary/aromatic N) is 3. The average Bonchev–Trinajstić information content (AvgIpc) is 3.27. The van der Waals surface area contributed by atoms with Crippen LogP contribution >= 0.6 is 0 Å². The van der Waals surface area contributed by atoms with Crippen molar-refractivity contribution in [1.29, 1.82) is 0 Å². The van der Waals surface area contributed by atoms with Gasteiger partial charge in [0, 0.05) is 19.3 Å². The molecular formula is C21H22N4O5S. The van der Waals surface area contributed by atoms with E-state index in [9.17, 15) is 13.2 Å². The zero-order valence-corrected chi connectivity index (χ0v) is 17.5. The Bertz CT molecular complexity index is 1170. The first-order valence-corrected chi connectivity index (χ1v) is 11.2. The van der Waals surface area contributed by atoms with Gasteiger partial charge in [-0.2, -0.15) is 5.10 Å². The van der Waals surface area contributed by atoms with Gasteiger partial charge in [0.2, 0.25) is 10.0 Å². The molecule has 10 heteroatoms. The number of morpholine rings is 1. The highest BCUT2D eigenvalue weighted by molar-refractivity contribution is 7.89. The minimum atomic E-state index is -3.97. The highest BCUT2D eigenvalue weighted by Crippen LogP contribution is 2.26. The van der Waals surface area contributed by atoms with Crippen LogP contribution in [-0.2, 0) is 26.1 Å². The van der Waals surface area contributed by atoms with Gasteiger partial charge < -0.3 is 14.4 Å². The minimum Gasteiger partial charge on any atom is -0.455 e. The molecule has 0 aliphatic carbocycles. The van der Waals surface area contributed by atoms with Gasteiger partial charge in [-0.3, -0.25) is 0 Å². The Labute approximate surface area is 180 Å². The second-order valence-electron chi connectivity index (χ2n) is 6.99. The molecule has 0 bridgehead atoms. The topological polar surface area (TPSA) is 117 Å². The van der Waals surface area contributed by atoms with Gasteiger partial charge in [-0.05, 0) is 36.4 Å². The Morgan fingerprint density at radius 2 is 1.84 bits per heavy atom. The number of aromatic nitrogens is 2. The maximum atomic E-state index is 12.9. The van der Waals surface area contributed by atoms with Crippen LogP contribution < -0.4 is 10.0 Å². The summed E-state index contributed by atoms with van der Waals surface area (Å²) in [5.41, 5.74) is 2.16. The van der Waals surface area contributed by atoms with Crippen LogP contribution in [0.1, 0.15) is 16.1 Å². The SMILES string of the molecule is NS(=O)(=O)c1ccc(N2CCOCC2)c(C(=O)OCc2ccn(-c3ccccc3)n2)c1. The zero-order chi connectivity index (χ0) is 21.8. The van der Waals surface area contributed by atoms with Crippen molar-refractivity contribution in [2.24, 2.45) is 5.14 Å². The van der Waals surface area contributed by atoms with Gasteiger partial charge in [0.25, 0.3) is 0 Å². The first kappa shape index (κ1) is 21.0. The predicted molar refractivity (Wildman–Crippen MR) is 114 cm³/mol. The molecule has 0 atom stereocenters. The lowest BCUT2D eigenvalue weighted by atomic mass is 10.1. The van der Waals surface area contributed by atoms with Crippen LogP contribution in [0.5, 0.6) is 0 Å². The molecule has 9 nitrogen and oxygen atoms in total. The van der Waals surface area contributed by atoms with E-state index in [2.05, 4.69) is 5.10 Å². The van der Waals surface area contributed by atoms with E-state index in [4.69, 9.17) is 14.6 Å². The smallest absolute Gasteiger partial charge is 0.340 e. The maximum absolute atomic E-state index is 12.9. The highest BCUT2D eigenvalue weighted by Gasteiger charge is 2.23. The molecule has 1 saturated heterocycles. The number of carbonyl (C=O) groups is 1. The normalized spacial score (nSPS) is 14.4. The van der Waals surface area contributed by atoms with Gasteiger partial charge in [-0.15, -0.1) is 0 Å². The van der Waals surface area contributed by atoms with E-state index in [1.165, 1.54) is 12.1 Å². The van der Waals surface area contributed by atoms with E-state index in [1.807, 2.05) is 35.2 Å². The molecule has 31 heavy (non-hydrogen) atoms. The summed E-state index contributed by atoms with van der Waals surface area (Å²) in [6.45, 7) is 2.14. The number of rotatable bonds is 6. The van der Waals surface area contributed by atoms with Crippen molar-refractivity contribution in [3.63, 3.8) is 0 Å². The Hall–Kier alpha value is -3.21. The minimum absolute atomic E-state index is 0.0547. The van der Waals surface area contributed by atoms with Crippen LogP contribution in [-0.4, -0.2) is 50.5 Å². The fourth-order valence-electron chi connectivity index (χ4n) is 3.32. The summed E-state index contributed by atoms with van der Waals surface area (Å²) in [5, 5.41) is 9.66. The van der Waals surface area contributed by atoms with Crippen LogP contribution in [0, 0.1) is 0 Å². The predicted octanol–water partition coefficient (Wildman–Crippen LogP) is 1.71. The van der Waals surface area contributed by atoms with Crippen LogP contribution in [0.2, 0.25) is 0 Å². The molecule has 2 N–H and O–H groups in total. The number of sulfonamides is 1. The van der Waals surface area contributed by atoms with Crippen LogP contribution in [0.3, 0.4) is 0 Å². The largest absolute Gasteiger partial charge is 0.455 e. The van der Waals surface area contributed by atoms with Gasteiger partial charge in [0.15, 0.2) is 0 Å². The standard InChI is InChI=1S/C21H22N4O5S/c22-31(27,28)18-6-7-20(24-10-12-29-13-11-24)19(14-18)21(26)30-15-16-8-9-25(23-16)17-4-2-1-3-5-17/h1-9,14H,10-13,15H2,(H2,22,27,28). The average molecular weight is 442 g/mol. The Morgan fingerprint density at radius 1 is 1.10 bits per heavy atom. The number of hydrogen-bond acceptors (Lipinski definition) is 7. The molecule has 0 radical (unpaired) electrons. The second-order valence-corrected chi connectivity index (χ2v) is 8.55. The van der Waals surface area contributed by atoms with Crippen molar-refractivity contribution in [2.45, 2.75) is 11.5 Å².